The van der Waals surface area contributed by atoms with Crippen molar-refractivity contribution in [3.63, 3.8) is 0 Å². The van der Waals surface area contributed by atoms with Gasteiger partial charge in [-0.3, -0.25) is 4.90 Å². The van der Waals surface area contributed by atoms with Gasteiger partial charge >= 0.3 is 0 Å². The highest BCUT2D eigenvalue weighted by Gasteiger charge is 2.40. The van der Waals surface area contributed by atoms with E-state index in [4.69, 9.17) is 9.47 Å². The minimum atomic E-state index is -0.245. The summed E-state index contributed by atoms with van der Waals surface area (Å²) in [5.41, 5.74) is 1.35. The Labute approximate surface area is 129 Å². The van der Waals surface area contributed by atoms with Crippen molar-refractivity contribution in [2.45, 2.75) is 44.1 Å². The summed E-state index contributed by atoms with van der Waals surface area (Å²) in [5.74, 6) is -0.245. The van der Waals surface area contributed by atoms with Crippen LogP contribution in [-0.4, -0.2) is 37.0 Å². The third kappa shape index (κ3) is 3.08. The maximum atomic E-state index is 5.80. The predicted molar refractivity (Wildman–Crippen MR) is 82.5 cm³/mol. The fourth-order valence-corrected chi connectivity index (χ4v) is 3.70. The van der Waals surface area contributed by atoms with Crippen molar-refractivity contribution in [3.8, 4) is 0 Å². The first-order valence-corrected chi connectivity index (χ1v) is 8.19. The molecule has 1 spiro atoms. The van der Waals surface area contributed by atoms with Crippen molar-refractivity contribution in [1.82, 2.24) is 4.90 Å². The Bertz CT molecular complexity index is 450. The topological polar surface area (TPSA) is 21.7 Å². The van der Waals surface area contributed by atoms with Gasteiger partial charge in [-0.2, -0.15) is 0 Å². The molecule has 1 heterocycles. The van der Waals surface area contributed by atoms with Crippen molar-refractivity contribution < 1.29 is 9.47 Å². The van der Waals surface area contributed by atoms with E-state index in [1.165, 1.54) is 10.0 Å². The Morgan fingerprint density at radius 2 is 1.85 bits per heavy atom. The molecule has 1 aromatic rings. The molecule has 0 radical (unpaired) electrons. The number of nitrogens with zero attached hydrogens (tertiary/aromatic N) is 1. The average Bonchev–Trinajstić information content (AvgIpc) is 2.90. The standard InChI is InChI=1S/C16H22BrNO2/c1-18(12-13-4-2-3-5-15(13)17)14-6-8-16(9-7-14)19-10-11-20-16/h2-5,14H,6-12H2,1H3. The molecule has 0 bridgehead atoms. The summed E-state index contributed by atoms with van der Waals surface area (Å²) in [6, 6.07) is 9.09. The zero-order valence-corrected chi connectivity index (χ0v) is 13.6. The quantitative estimate of drug-likeness (QED) is 0.840. The summed E-state index contributed by atoms with van der Waals surface area (Å²) in [4.78, 5) is 2.46. The van der Waals surface area contributed by atoms with Crippen LogP contribution in [0.15, 0.2) is 28.7 Å². The van der Waals surface area contributed by atoms with Crippen LogP contribution in [0.5, 0.6) is 0 Å². The lowest BCUT2D eigenvalue weighted by Crippen LogP contribution is -2.42. The van der Waals surface area contributed by atoms with Crippen LogP contribution in [0.2, 0.25) is 0 Å². The second-order valence-electron chi connectivity index (χ2n) is 5.85. The Morgan fingerprint density at radius 1 is 1.20 bits per heavy atom. The van der Waals surface area contributed by atoms with Gasteiger partial charge in [-0.05, 0) is 31.5 Å². The third-order valence-corrected chi connectivity index (χ3v) is 5.31. The second kappa shape index (κ2) is 6.14. The first kappa shape index (κ1) is 14.5. The highest BCUT2D eigenvalue weighted by molar-refractivity contribution is 9.10. The van der Waals surface area contributed by atoms with Gasteiger partial charge in [0.1, 0.15) is 0 Å². The number of benzene rings is 1. The minimum Gasteiger partial charge on any atom is -0.348 e. The lowest BCUT2D eigenvalue weighted by Gasteiger charge is -2.39. The highest BCUT2D eigenvalue weighted by Crippen LogP contribution is 2.37. The molecular weight excluding hydrogens is 318 g/mol. The van der Waals surface area contributed by atoms with Crippen molar-refractivity contribution in [3.05, 3.63) is 34.3 Å². The third-order valence-electron chi connectivity index (χ3n) is 4.53. The number of halogens is 1. The molecule has 3 rings (SSSR count). The summed E-state index contributed by atoms with van der Waals surface area (Å²) in [7, 11) is 2.22. The molecule has 110 valence electrons. The molecule has 1 aliphatic carbocycles. The van der Waals surface area contributed by atoms with Crippen LogP contribution in [0.4, 0.5) is 0 Å². The molecule has 1 saturated heterocycles. The maximum absolute atomic E-state index is 5.80. The predicted octanol–water partition coefficient (Wildman–Crippen LogP) is 3.57. The van der Waals surface area contributed by atoms with E-state index >= 15 is 0 Å². The summed E-state index contributed by atoms with van der Waals surface area (Å²) in [6.07, 6.45) is 4.36. The van der Waals surface area contributed by atoms with Crippen LogP contribution in [0, 0.1) is 0 Å². The second-order valence-corrected chi connectivity index (χ2v) is 6.70. The Balaban J connectivity index is 1.56. The fraction of sp³-hybridized carbons (Fsp3) is 0.625. The van der Waals surface area contributed by atoms with Crippen molar-refractivity contribution in [2.75, 3.05) is 20.3 Å². The number of ether oxygens (including phenoxy) is 2. The van der Waals surface area contributed by atoms with Crippen molar-refractivity contribution in [2.24, 2.45) is 0 Å². The maximum Gasteiger partial charge on any atom is 0.168 e. The van der Waals surface area contributed by atoms with Crippen LogP contribution >= 0.6 is 15.9 Å². The van der Waals surface area contributed by atoms with Crippen LogP contribution in [0.3, 0.4) is 0 Å². The highest BCUT2D eigenvalue weighted by atomic mass is 79.9. The van der Waals surface area contributed by atoms with Crippen LogP contribution in [0.1, 0.15) is 31.2 Å². The SMILES string of the molecule is CN(Cc1ccccc1Br)C1CCC2(CC1)OCCO2. The van der Waals surface area contributed by atoms with Crippen molar-refractivity contribution in [1.29, 1.82) is 0 Å². The van der Waals surface area contributed by atoms with Gasteiger partial charge in [0, 0.05) is 29.9 Å². The molecule has 0 aromatic heterocycles. The largest absolute Gasteiger partial charge is 0.348 e. The van der Waals surface area contributed by atoms with E-state index in [1.807, 2.05) is 0 Å². The van der Waals surface area contributed by atoms with Gasteiger partial charge in [-0.15, -0.1) is 0 Å². The van der Waals surface area contributed by atoms with Crippen molar-refractivity contribution >= 4 is 15.9 Å². The summed E-state index contributed by atoms with van der Waals surface area (Å²) in [5, 5.41) is 0. The van der Waals surface area contributed by atoms with Crippen LogP contribution in [0.25, 0.3) is 0 Å². The minimum absolute atomic E-state index is 0.245. The molecular formula is C16H22BrNO2. The zero-order chi connectivity index (χ0) is 14.0. The Kier molecular flexibility index (Phi) is 4.46. The number of hydrogen-bond acceptors (Lipinski definition) is 3. The van der Waals surface area contributed by atoms with Gasteiger partial charge < -0.3 is 9.47 Å². The summed E-state index contributed by atoms with van der Waals surface area (Å²) in [6.45, 7) is 2.51. The molecule has 1 aromatic carbocycles. The van der Waals surface area contributed by atoms with Gasteiger partial charge in [0.25, 0.3) is 0 Å². The molecule has 1 aliphatic heterocycles. The van der Waals surface area contributed by atoms with Gasteiger partial charge in [0.05, 0.1) is 13.2 Å². The summed E-state index contributed by atoms with van der Waals surface area (Å²) >= 11 is 3.63. The monoisotopic (exact) mass is 339 g/mol. The fourth-order valence-electron chi connectivity index (χ4n) is 3.29. The van der Waals surface area contributed by atoms with Gasteiger partial charge in [-0.1, -0.05) is 34.1 Å². The normalized spacial score (nSPS) is 22.8. The molecule has 0 N–H and O–H groups in total. The molecule has 0 amide bonds. The number of hydrogen-bond donors (Lipinski definition) is 0. The zero-order valence-electron chi connectivity index (χ0n) is 12.0. The molecule has 0 atom stereocenters. The smallest absolute Gasteiger partial charge is 0.168 e. The number of rotatable bonds is 3. The van der Waals surface area contributed by atoms with Crippen LogP contribution < -0.4 is 0 Å². The Morgan fingerprint density at radius 3 is 2.50 bits per heavy atom. The van der Waals surface area contributed by atoms with E-state index in [1.54, 1.807) is 0 Å². The summed E-state index contributed by atoms with van der Waals surface area (Å²) < 4.78 is 12.8. The molecule has 20 heavy (non-hydrogen) atoms. The van der Waals surface area contributed by atoms with Crippen LogP contribution in [-0.2, 0) is 16.0 Å². The van der Waals surface area contributed by atoms with Gasteiger partial charge in [0.15, 0.2) is 5.79 Å². The lowest BCUT2D eigenvalue weighted by atomic mass is 9.89. The van der Waals surface area contributed by atoms with Gasteiger partial charge in [0.2, 0.25) is 0 Å². The molecule has 4 heteroatoms. The van der Waals surface area contributed by atoms with E-state index in [0.717, 1.165) is 45.4 Å². The van der Waals surface area contributed by atoms with E-state index in [-0.39, 0.29) is 5.79 Å². The molecule has 2 fully saturated rings. The molecule has 0 unspecified atom stereocenters. The van der Waals surface area contributed by atoms with E-state index in [9.17, 15) is 0 Å². The van der Waals surface area contributed by atoms with Gasteiger partial charge in [-0.25, -0.2) is 0 Å². The van der Waals surface area contributed by atoms with E-state index in [2.05, 4.69) is 52.1 Å². The molecule has 3 nitrogen and oxygen atoms in total. The van der Waals surface area contributed by atoms with E-state index in [0.29, 0.717) is 6.04 Å². The first-order valence-electron chi connectivity index (χ1n) is 7.40. The first-order chi connectivity index (χ1) is 9.69. The Hall–Kier alpha value is -0.420. The average molecular weight is 340 g/mol. The molecule has 2 aliphatic rings. The molecule has 1 saturated carbocycles. The lowest BCUT2D eigenvalue weighted by molar-refractivity contribution is -0.183. The van der Waals surface area contributed by atoms with E-state index < -0.39 is 0 Å².